The van der Waals surface area contributed by atoms with Crippen LogP contribution < -0.4 is 10.6 Å². The molecule has 2 atom stereocenters. The van der Waals surface area contributed by atoms with E-state index in [2.05, 4.69) is 42.7 Å². The number of carboxylic acid groups (broad SMARTS) is 1. The van der Waals surface area contributed by atoms with E-state index in [1.807, 2.05) is 6.92 Å². The van der Waals surface area contributed by atoms with Gasteiger partial charge in [-0.05, 0) is 69.7 Å². The van der Waals surface area contributed by atoms with E-state index in [0.717, 1.165) is 63.3 Å². The van der Waals surface area contributed by atoms with Crippen LogP contribution in [0.2, 0.25) is 0 Å². The predicted molar refractivity (Wildman–Crippen MR) is 146 cm³/mol. The Morgan fingerprint density at radius 1 is 1.29 bits per heavy atom. The van der Waals surface area contributed by atoms with Crippen LogP contribution in [0.5, 0.6) is 0 Å². The molecule has 204 valence electrons. The van der Waals surface area contributed by atoms with Gasteiger partial charge in [0.1, 0.15) is 24.0 Å². The van der Waals surface area contributed by atoms with Gasteiger partial charge in [0.2, 0.25) is 0 Å². The summed E-state index contributed by atoms with van der Waals surface area (Å²) in [5.74, 6) is 1.13. The molecule has 0 radical (unpaired) electrons. The largest absolute Gasteiger partial charge is 0.480 e. The van der Waals surface area contributed by atoms with Crippen molar-refractivity contribution in [3.05, 3.63) is 54.2 Å². The average molecular weight is 523 g/mol. The Kier molecular flexibility index (Phi) is 9.99. The molecule has 2 unspecified atom stereocenters. The number of fused-ring (bicyclic) bond motifs is 1. The van der Waals surface area contributed by atoms with Crippen molar-refractivity contribution in [2.45, 2.75) is 57.6 Å². The van der Waals surface area contributed by atoms with Crippen molar-refractivity contribution in [3.63, 3.8) is 0 Å². The summed E-state index contributed by atoms with van der Waals surface area (Å²) in [6.45, 7) is 5.24. The molecule has 0 saturated carbocycles. The average Bonchev–Trinajstić information content (AvgIpc) is 3.48. The fraction of sp³-hybridized carbons (Fsp3) is 0.519. The maximum Gasteiger partial charge on any atom is 0.326 e. The number of aliphatic carboxylic acids is 1. The van der Waals surface area contributed by atoms with Crippen LogP contribution >= 0.6 is 0 Å². The van der Waals surface area contributed by atoms with E-state index < -0.39 is 12.0 Å². The van der Waals surface area contributed by atoms with Gasteiger partial charge in [0.05, 0.1) is 6.10 Å². The van der Waals surface area contributed by atoms with Crippen LogP contribution in [0.1, 0.15) is 43.9 Å². The van der Waals surface area contributed by atoms with Crippen LogP contribution in [0.3, 0.4) is 0 Å². The molecule has 3 N–H and O–H groups in total. The lowest BCUT2D eigenvalue weighted by Gasteiger charge is -2.26. The zero-order valence-corrected chi connectivity index (χ0v) is 22.2. The van der Waals surface area contributed by atoms with E-state index in [1.54, 1.807) is 36.3 Å². The summed E-state index contributed by atoms with van der Waals surface area (Å²) in [6.07, 6.45) is 10.5. The summed E-state index contributed by atoms with van der Waals surface area (Å²) in [4.78, 5) is 27.5. The van der Waals surface area contributed by atoms with Crippen LogP contribution in [0.25, 0.3) is 5.82 Å². The zero-order valence-electron chi connectivity index (χ0n) is 22.2. The molecule has 11 heteroatoms. The lowest BCUT2D eigenvalue weighted by atomic mass is 10.1. The predicted octanol–water partition coefficient (Wildman–Crippen LogP) is 3.03. The number of aryl methyl sites for hydroxylation is 2. The number of nitrogens with zero attached hydrogens (tertiary/aromatic N) is 6. The maximum atomic E-state index is 12.0. The number of hydrogen-bond acceptors (Lipinski definition) is 9. The number of hydrogen-bond donors (Lipinski definition) is 3. The fourth-order valence-electron chi connectivity index (χ4n) is 4.59. The first-order valence-electron chi connectivity index (χ1n) is 13.3. The molecule has 38 heavy (non-hydrogen) atoms. The van der Waals surface area contributed by atoms with Crippen LogP contribution in [-0.2, 0) is 22.4 Å². The Morgan fingerprint density at radius 2 is 2.18 bits per heavy atom. The Morgan fingerprint density at radius 3 is 2.97 bits per heavy atom. The molecule has 1 aliphatic heterocycles. The van der Waals surface area contributed by atoms with Gasteiger partial charge in [-0.1, -0.05) is 6.07 Å². The summed E-state index contributed by atoms with van der Waals surface area (Å²) in [6, 6.07) is 7.04. The highest BCUT2D eigenvalue weighted by Crippen LogP contribution is 2.20. The number of ether oxygens (including phenoxy) is 1. The Bertz CT molecular complexity index is 1160. The van der Waals surface area contributed by atoms with E-state index in [9.17, 15) is 9.90 Å². The van der Waals surface area contributed by atoms with Gasteiger partial charge in [-0.2, -0.15) is 5.10 Å². The van der Waals surface area contributed by atoms with Crippen LogP contribution in [0.4, 0.5) is 11.6 Å². The maximum absolute atomic E-state index is 12.0. The molecule has 3 aromatic heterocycles. The molecule has 0 bridgehead atoms. The fourth-order valence-corrected chi connectivity index (χ4v) is 4.59. The van der Waals surface area contributed by atoms with Gasteiger partial charge in [0.25, 0.3) is 0 Å². The third-order valence-corrected chi connectivity index (χ3v) is 6.77. The Balaban J connectivity index is 1.29. The number of rotatable bonds is 15. The molecular formula is C27H38N8O3. The van der Waals surface area contributed by atoms with Crippen molar-refractivity contribution < 1.29 is 14.6 Å². The molecule has 3 aromatic rings. The van der Waals surface area contributed by atoms with Gasteiger partial charge in [0.15, 0.2) is 5.82 Å². The molecule has 11 nitrogen and oxygen atoms in total. The minimum absolute atomic E-state index is 0.0538. The summed E-state index contributed by atoms with van der Waals surface area (Å²) in [5.41, 5.74) is 2.42. The molecule has 0 fully saturated rings. The van der Waals surface area contributed by atoms with Crippen molar-refractivity contribution in [2.24, 2.45) is 0 Å². The van der Waals surface area contributed by atoms with Gasteiger partial charge >= 0.3 is 5.97 Å². The van der Waals surface area contributed by atoms with E-state index in [1.165, 1.54) is 11.9 Å². The lowest BCUT2D eigenvalue weighted by Crippen LogP contribution is -2.38. The second kappa shape index (κ2) is 13.8. The molecule has 4 heterocycles. The van der Waals surface area contributed by atoms with Crippen LogP contribution in [0, 0.1) is 0 Å². The number of aromatic nitrogens is 5. The number of anilines is 2. The van der Waals surface area contributed by atoms with E-state index in [-0.39, 0.29) is 6.10 Å². The molecule has 0 aliphatic carbocycles. The highest BCUT2D eigenvalue weighted by atomic mass is 16.5. The van der Waals surface area contributed by atoms with Crippen molar-refractivity contribution in [1.29, 1.82) is 0 Å². The summed E-state index contributed by atoms with van der Waals surface area (Å²) in [7, 11) is 1.70. The quantitative estimate of drug-likeness (QED) is 0.256. The zero-order chi connectivity index (χ0) is 26.7. The van der Waals surface area contributed by atoms with Crippen molar-refractivity contribution in [1.82, 2.24) is 29.6 Å². The van der Waals surface area contributed by atoms with Crippen LogP contribution in [0.15, 0.2) is 43.0 Å². The third-order valence-electron chi connectivity index (χ3n) is 6.77. The summed E-state index contributed by atoms with van der Waals surface area (Å²) >= 11 is 0. The standard InChI is InChI=1S/C27H38N8O3/c1-20(38-2)18-34(14-4-3-8-22-10-9-21-7-5-12-28-26(21)32-22)16-11-23(27(36)37)33-24-17-25(30-19-29-24)35-15-6-13-31-35/h6,9-10,13,15,17,19-20,23H,3-5,7-8,11-12,14,16,18H2,1-2H3,(H,28,32)(H,36,37)(H,29,30,33). The third kappa shape index (κ3) is 7.96. The van der Waals surface area contributed by atoms with E-state index >= 15 is 0 Å². The first-order chi connectivity index (χ1) is 18.5. The highest BCUT2D eigenvalue weighted by molar-refractivity contribution is 5.76. The van der Waals surface area contributed by atoms with E-state index in [4.69, 9.17) is 9.72 Å². The van der Waals surface area contributed by atoms with Gasteiger partial charge < -0.3 is 25.4 Å². The second-order valence-electron chi connectivity index (χ2n) is 9.68. The first-order valence-corrected chi connectivity index (χ1v) is 13.3. The summed E-state index contributed by atoms with van der Waals surface area (Å²) in [5, 5.41) is 20.5. The minimum atomic E-state index is -0.920. The van der Waals surface area contributed by atoms with Gasteiger partial charge in [-0.15, -0.1) is 0 Å². The number of methoxy groups -OCH3 is 1. The van der Waals surface area contributed by atoms with Gasteiger partial charge in [0, 0.05) is 50.9 Å². The van der Waals surface area contributed by atoms with Crippen molar-refractivity contribution in [2.75, 3.05) is 43.9 Å². The van der Waals surface area contributed by atoms with Gasteiger partial charge in [-0.3, -0.25) is 0 Å². The first kappa shape index (κ1) is 27.5. The highest BCUT2D eigenvalue weighted by Gasteiger charge is 2.20. The van der Waals surface area contributed by atoms with Gasteiger partial charge in [-0.25, -0.2) is 24.4 Å². The molecular weight excluding hydrogens is 484 g/mol. The number of pyridine rings is 1. The number of carbonyl (C=O) groups is 1. The van der Waals surface area contributed by atoms with Crippen molar-refractivity contribution in [3.8, 4) is 5.82 Å². The Labute approximate surface area is 223 Å². The van der Waals surface area contributed by atoms with Crippen molar-refractivity contribution >= 4 is 17.6 Å². The molecule has 4 rings (SSSR count). The Hall–Kier alpha value is -3.57. The number of unbranched alkanes of at least 4 members (excludes halogenated alkanes) is 1. The molecule has 0 saturated heterocycles. The summed E-state index contributed by atoms with van der Waals surface area (Å²) < 4.78 is 7.10. The second-order valence-corrected chi connectivity index (χ2v) is 9.68. The molecule has 0 amide bonds. The SMILES string of the molecule is COC(C)CN(CCCCc1ccc2c(n1)NCCC2)CCC(Nc1cc(-n2cccn2)ncn1)C(=O)O. The monoisotopic (exact) mass is 522 g/mol. The lowest BCUT2D eigenvalue weighted by molar-refractivity contribution is -0.138. The number of nitrogens with one attached hydrogen (secondary N) is 2. The normalized spacial score (nSPS) is 14.5. The molecule has 1 aliphatic rings. The molecule has 0 aromatic carbocycles. The topological polar surface area (TPSA) is 130 Å². The minimum Gasteiger partial charge on any atom is -0.480 e. The smallest absolute Gasteiger partial charge is 0.326 e. The van der Waals surface area contributed by atoms with E-state index in [0.29, 0.717) is 24.6 Å². The molecule has 0 spiro atoms. The number of carboxylic acids is 1. The van der Waals surface area contributed by atoms with Crippen LogP contribution in [-0.4, -0.2) is 86.1 Å².